The Balaban J connectivity index is 2.19. The molecule has 21 heavy (non-hydrogen) atoms. The van der Waals surface area contributed by atoms with Crippen LogP contribution in [0.2, 0.25) is 0 Å². The second kappa shape index (κ2) is 7.34. The molecule has 5 heteroatoms. The second-order valence-corrected chi connectivity index (χ2v) is 6.42. The molecular weight excluding hydrogens is 282 g/mol. The highest BCUT2D eigenvalue weighted by atomic mass is 32.1. The van der Waals surface area contributed by atoms with E-state index in [9.17, 15) is 4.79 Å². The fraction of sp³-hybridized carbons (Fsp3) is 0.750. The number of aromatic nitrogens is 2. The lowest BCUT2D eigenvalue weighted by atomic mass is 9.75. The van der Waals surface area contributed by atoms with Crippen LogP contribution in [-0.2, 0) is 6.54 Å². The van der Waals surface area contributed by atoms with E-state index in [1.54, 1.807) is 10.7 Å². The Labute approximate surface area is 132 Å². The van der Waals surface area contributed by atoms with Crippen molar-refractivity contribution in [2.45, 2.75) is 52.5 Å². The van der Waals surface area contributed by atoms with Crippen LogP contribution in [0.4, 0.5) is 5.69 Å². The lowest BCUT2D eigenvalue weighted by molar-refractivity contribution is 0.179. The third-order valence-corrected chi connectivity index (χ3v) is 5.39. The molecule has 0 atom stereocenters. The van der Waals surface area contributed by atoms with Crippen molar-refractivity contribution in [3.8, 4) is 0 Å². The summed E-state index contributed by atoms with van der Waals surface area (Å²) >= 11 is 4.55. The first-order valence-corrected chi connectivity index (χ1v) is 8.70. The topological polar surface area (TPSA) is 38.1 Å². The van der Waals surface area contributed by atoms with Crippen LogP contribution in [0.1, 0.15) is 46.0 Å². The van der Waals surface area contributed by atoms with Crippen molar-refractivity contribution in [2.24, 2.45) is 5.41 Å². The Kier molecular flexibility index (Phi) is 5.73. The van der Waals surface area contributed by atoms with Gasteiger partial charge in [-0.25, -0.2) is 4.68 Å². The number of thiol groups is 1. The molecular formula is C16H27N3OS. The lowest BCUT2D eigenvalue weighted by Gasteiger charge is -2.36. The molecule has 0 unspecified atom stereocenters. The number of hydrogen-bond acceptors (Lipinski definition) is 4. The molecule has 1 aliphatic rings. The summed E-state index contributed by atoms with van der Waals surface area (Å²) in [7, 11) is 0. The molecule has 1 fully saturated rings. The number of anilines is 1. The van der Waals surface area contributed by atoms with E-state index in [4.69, 9.17) is 0 Å². The van der Waals surface area contributed by atoms with E-state index in [-0.39, 0.29) is 11.0 Å². The molecule has 2 rings (SSSR count). The van der Waals surface area contributed by atoms with Crippen LogP contribution < -0.4 is 10.5 Å². The minimum absolute atomic E-state index is 0.00568. The van der Waals surface area contributed by atoms with Crippen molar-refractivity contribution in [3.63, 3.8) is 0 Å². The Bertz CT molecular complexity index is 504. The quantitative estimate of drug-likeness (QED) is 0.821. The van der Waals surface area contributed by atoms with E-state index in [1.165, 1.54) is 19.3 Å². The summed E-state index contributed by atoms with van der Waals surface area (Å²) in [6.45, 7) is 6.66. The molecule has 0 aromatic carbocycles. The first-order chi connectivity index (χ1) is 10.1. The van der Waals surface area contributed by atoms with Gasteiger partial charge in [-0.2, -0.15) is 17.7 Å². The molecule has 1 aromatic heterocycles. The summed E-state index contributed by atoms with van der Waals surface area (Å²) in [4.78, 5) is 14.5. The molecule has 0 spiro atoms. The molecule has 4 nitrogen and oxygen atoms in total. The lowest BCUT2D eigenvalue weighted by Crippen LogP contribution is -2.37. The minimum atomic E-state index is 0.00568. The van der Waals surface area contributed by atoms with Crippen LogP contribution in [0, 0.1) is 5.41 Å². The van der Waals surface area contributed by atoms with E-state index in [0.29, 0.717) is 6.54 Å². The average Bonchev–Trinajstić information content (AvgIpc) is 2.52. The van der Waals surface area contributed by atoms with Gasteiger partial charge in [0.15, 0.2) is 0 Å². The third-order valence-electron chi connectivity index (χ3n) is 4.72. The molecule has 0 aliphatic heterocycles. The Morgan fingerprint density at radius 3 is 2.48 bits per heavy atom. The highest BCUT2D eigenvalue weighted by Gasteiger charge is 2.31. The van der Waals surface area contributed by atoms with E-state index in [2.05, 4.69) is 36.5 Å². The fourth-order valence-corrected chi connectivity index (χ4v) is 3.71. The van der Waals surface area contributed by atoms with Crippen molar-refractivity contribution in [3.05, 3.63) is 22.6 Å². The van der Waals surface area contributed by atoms with E-state index >= 15 is 0 Å². The third kappa shape index (κ3) is 3.82. The van der Waals surface area contributed by atoms with Crippen molar-refractivity contribution in [2.75, 3.05) is 23.7 Å². The molecule has 0 radical (unpaired) electrons. The SMILES string of the molecule is CCN(CC)c1cnn(CC2(CS)CCCCC2)c(=O)c1. The first-order valence-electron chi connectivity index (χ1n) is 8.07. The molecule has 118 valence electrons. The standard InChI is InChI=1S/C16H27N3OS/c1-3-18(4-2)14-10-15(20)19(17-11-14)12-16(13-21)8-6-5-7-9-16/h10-11,21H,3-9,12-13H2,1-2H3. The van der Waals surface area contributed by atoms with E-state index in [0.717, 1.165) is 37.4 Å². The predicted molar refractivity (Wildman–Crippen MR) is 91.4 cm³/mol. The highest BCUT2D eigenvalue weighted by Crippen LogP contribution is 2.38. The van der Waals surface area contributed by atoms with Gasteiger partial charge >= 0.3 is 0 Å². The number of hydrogen-bond donors (Lipinski definition) is 1. The maximum Gasteiger partial charge on any atom is 0.268 e. The van der Waals surface area contributed by atoms with Crippen LogP contribution in [0.25, 0.3) is 0 Å². The van der Waals surface area contributed by atoms with Gasteiger partial charge in [-0.05, 0) is 37.9 Å². The van der Waals surface area contributed by atoms with E-state index < -0.39 is 0 Å². The monoisotopic (exact) mass is 309 g/mol. The minimum Gasteiger partial charge on any atom is -0.371 e. The summed E-state index contributed by atoms with van der Waals surface area (Å²) in [6.07, 6.45) is 7.92. The molecule has 1 saturated carbocycles. The molecule has 0 amide bonds. The summed E-state index contributed by atoms with van der Waals surface area (Å²) in [5.41, 5.74) is 1.07. The fourth-order valence-electron chi connectivity index (χ4n) is 3.29. The van der Waals surface area contributed by atoms with E-state index in [1.807, 2.05) is 6.20 Å². The summed E-state index contributed by atoms with van der Waals surface area (Å²) in [5.74, 6) is 0.832. The Morgan fingerprint density at radius 1 is 1.29 bits per heavy atom. The van der Waals surface area contributed by atoms with Gasteiger partial charge < -0.3 is 4.90 Å². The van der Waals surface area contributed by atoms with Gasteiger partial charge in [0.25, 0.3) is 5.56 Å². The summed E-state index contributed by atoms with van der Waals surface area (Å²) < 4.78 is 1.63. The Morgan fingerprint density at radius 2 is 1.95 bits per heavy atom. The summed E-state index contributed by atoms with van der Waals surface area (Å²) in [6, 6.07) is 1.72. The zero-order valence-electron chi connectivity index (χ0n) is 13.2. The van der Waals surface area contributed by atoms with Gasteiger partial charge in [-0.15, -0.1) is 0 Å². The van der Waals surface area contributed by atoms with Crippen molar-refractivity contribution >= 4 is 18.3 Å². The largest absolute Gasteiger partial charge is 0.371 e. The highest BCUT2D eigenvalue weighted by molar-refractivity contribution is 7.80. The van der Waals surface area contributed by atoms with Crippen molar-refractivity contribution < 1.29 is 0 Å². The maximum absolute atomic E-state index is 12.4. The number of nitrogens with zero attached hydrogens (tertiary/aromatic N) is 3. The first kappa shape index (κ1) is 16.4. The molecule has 1 aliphatic carbocycles. The van der Waals surface area contributed by atoms with Gasteiger partial charge in [-0.1, -0.05) is 19.3 Å². The van der Waals surface area contributed by atoms with Gasteiger partial charge in [0.2, 0.25) is 0 Å². The van der Waals surface area contributed by atoms with Crippen LogP contribution in [-0.4, -0.2) is 28.6 Å². The summed E-state index contributed by atoms with van der Waals surface area (Å²) in [5, 5.41) is 4.41. The van der Waals surface area contributed by atoms with Crippen LogP contribution in [0.15, 0.2) is 17.1 Å². The van der Waals surface area contributed by atoms with Gasteiger partial charge in [0, 0.05) is 19.2 Å². The number of rotatable bonds is 6. The van der Waals surface area contributed by atoms with Gasteiger partial charge in [0.1, 0.15) is 0 Å². The van der Waals surface area contributed by atoms with Crippen molar-refractivity contribution in [1.29, 1.82) is 0 Å². The zero-order chi connectivity index (χ0) is 15.3. The molecule has 1 heterocycles. The maximum atomic E-state index is 12.4. The smallest absolute Gasteiger partial charge is 0.268 e. The van der Waals surface area contributed by atoms with Crippen LogP contribution >= 0.6 is 12.6 Å². The average molecular weight is 309 g/mol. The van der Waals surface area contributed by atoms with Crippen LogP contribution in [0.5, 0.6) is 0 Å². The normalized spacial score (nSPS) is 17.7. The molecule has 0 bridgehead atoms. The molecule has 1 aromatic rings. The molecule has 0 saturated heterocycles. The Hall–Kier alpha value is -0.970. The zero-order valence-corrected chi connectivity index (χ0v) is 14.1. The predicted octanol–water partition coefficient (Wildman–Crippen LogP) is 2.97. The van der Waals surface area contributed by atoms with Gasteiger partial charge in [-0.3, -0.25) is 4.79 Å². The van der Waals surface area contributed by atoms with Gasteiger partial charge in [0.05, 0.1) is 18.4 Å². The van der Waals surface area contributed by atoms with Crippen LogP contribution in [0.3, 0.4) is 0 Å². The van der Waals surface area contributed by atoms with Crippen molar-refractivity contribution in [1.82, 2.24) is 9.78 Å². The second-order valence-electron chi connectivity index (χ2n) is 6.10. The molecule has 0 N–H and O–H groups in total.